The van der Waals surface area contributed by atoms with Gasteiger partial charge in [0.25, 0.3) is 0 Å². The van der Waals surface area contributed by atoms with Crippen LogP contribution in [0.5, 0.6) is 46.0 Å². The van der Waals surface area contributed by atoms with Crippen LogP contribution in [-0.4, -0.2) is 20.0 Å². The number of benzene rings is 12. The number of methoxy groups -OCH3 is 2. The topological polar surface area (TPSA) is 72.9 Å². The molecule has 84 heavy (non-hydrogen) atoms. The Balaban J connectivity index is 0.938. The molecule has 400 valence electrons. The zero-order chi connectivity index (χ0) is 56.0. The van der Waals surface area contributed by atoms with Crippen molar-refractivity contribution >= 4 is 57.0 Å². The molecule has 0 bridgehead atoms. The number of carbonyl (C=O) groups is 1. The van der Waals surface area contributed by atoms with Crippen molar-refractivity contribution in [3.8, 4) is 102 Å². The van der Waals surface area contributed by atoms with Gasteiger partial charge in [-0.05, 0) is 147 Å². The summed E-state index contributed by atoms with van der Waals surface area (Å²) in [5.41, 5.74) is 18.3. The third-order valence-corrected chi connectivity index (χ3v) is 16.3. The van der Waals surface area contributed by atoms with E-state index in [1.54, 1.807) is 14.2 Å². The molecule has 1 aliphatic carbocycles. The van der Waals surface area contributed by atoms with E-state index in [2.05, 4.69) is 185 Å². The van der Waals surface area contributed by atoms with Crippen LogP contribution in [0.1, 0.15) is 15.9 Å². The second-order valence-electron chi connectivity index (χ2n) is 21.1. The minimum atomic E-state index is -0.108. The maximum atomic E-state index is 16.1. The van der Waals surface area contributed by atoms with Gasteiger partial charge in [-0.25, -0.2) is 0 Å². The summed E-state index contributed by atoms with van der Waals surface area (Å²) in [6, 6.07) is 89.0. The van der Waals surface area contributed by atoms with Crippen molar-refractivity contribution in [3.63, 3.8) is 0 Å². The zero-order valence-corrected chi connectivity index (χ0v) is 45.6. The van der Waals surface area contributed by atoms with Gasteiger partial charge in [-0.2, -0.15) is 0 Å². The van der Waals surface area contributed by atoms with Crippen LogP contribution in [0, 0.1) is 0 Å². The Morgan fingerprint density at radius 2 is 0.619 bits per heavy atom. The lowest BCUT2D eigenvalue weighted by atomic mass is 9.96. The van der Waals surface area contributed by atoms with Crippen molar-refractivity contribution in [3.05, 3.63) is 272 Å². The number of ketones is 1. The fraction of sp³-hybridized carbons (Fsp3) is 0.0267. The van der Waals surface area contributed by atoms with Crippen molar-refractivity contribution in [2.24, 2.45) is 0 Å². The lowest BCUT2D eigenvalue weighted by Crippen LogP contribution is -2.19. The van der Waals surface area contributed by atoms with E-state index in [4.69, 9.17) is 23.7 Å². The molecule has 16 rings (SSSR count). The first-order chi connectivity index (χ1) is 41.4. The molecular weight excluding hydrogens is 1040 g/mol. The van der Waals surface area contributed by atoms with Gasteiger partial charge in [0.2, 0.25) is 0 Å². The summed E-state index contributed by atoms with van der Waals surface area (Å²) in [5, 5.41) is 0. The zero-order valence-electron chi connectivity index (χ0n) is 45.6. The van der Waals surface area contributed by atoms with E-state index in [-0.39, 0.29) is 5.78 Å². The summed E-state index contributed by atoms with van der Waals surface area (Å²) >= 11 is 0. The van der Waals surface area contributed by atoms with E-state index in [0.29, 0.717) is 57.1 Å². The molecule has 0 radical (unpaired) electrons. The van der Waals surface area contributed by atoms with Crippen LogP contribution >= 0.6 is 0 Å². The molecule has 3 heterocycles. The highest BCUT2D eigenvalue weighted by Crippen LogP contribution is 2.60. The number of rotatable bonds is 9. The standard InChI is InChI=1S/C75H49N3O6/c1-80-56-28-35-63-72(44-56)84-73-45-57(81-2)29-36-64(73)76(63)54-27-30-58-59(41-54)75(79)60-42-55(77-61-31-23-50(46-15-7-3-8-16-46)37-68(61)82-69-38-51(24-32-62(69)77)47-17-9-4-10-18-47)43-67(74(58)60)78-65-33-25-52(48-19-11-5-12-20-48)39-70(65)83-71-40-53(26-34-66(71)78)49-21-13-6-14-22-49/h3-45H,1-2H3. The number of fused-ring (bicyclic) bond motifs is 9. The molecule has 0 unspecified atom stereocenters. The van der Waals surface area contributed by atoms with Gasteiger partial charge in [-0.15, -0.1) is 0 Å². The molecule has 9 nitrogen and oxygen atoms in total. The first-order valence-corrected chi connectivity index (χ1v) is 27.9. The van der Waals surface area contributed by atoms with Crippen LogP contribution in [0.4, 0.5) is 51.2 Å². The maximum Gasteiger partial charge on any atom is 0.194 e. The lowest BCUT2D eigenvalue weighted by molar-refractivity contribution is 0.104. The third-order valence-electron chi connectivity index (χ3n) is 16.3. The number of hydrogen-bond acceptors (Lipinski definition) is 9. The smallest absolute Gasteiger partial charge is 0.194 e. The fourth-order valence-corrected chi connectivity index (χ4v) is 12.3. The molecule has 0 spiro atoms. The number of ether oxygens (including phenoxy) is 5. The van der Waals surface area contributed by atoms with Crippen molar-refractivity contribution in [2.75, 3.05) is 28.9 Å². The minimum Gasteiger partial charge on any atom is -0.497 e. The van der Waals surface area contributed by atoms with Crippen molar-refractivity contribution in [1.29, 1.82) is 0 Å². The van der Waals surface area contributed by atoms with Crippen LogP contribution in [0.2, 0.25) is 0 Å². The molecule has 0 atom stereocenters. The van der Waals surface area contributed by atoms with Crippen molar-refractivity contribution in [2.45, 2.75) is 0 Å². The van der Waals surface area contributed by atoms with E-state index < -0.39 is 0 Å². The molecule has 12 aromatic rings. The molecule has 0 aromatic heterocycles. The Morgan fingerprint density at radius 1 is 0.274 bits per heavy atom. The Labute approximate surface area is 485 Å². The Morgan fingerprint density at radius 3 is 1.01 bits per heavy atom. The number of nitrogens with zero attached hydrogens (tertiary/aromatic N) is 3. The van der Waals surface area contributed by atoms with Gasteiger partial charge >= 0.3 is 0 Å². The molecule has 12 aromatic carbocycles. The second-order valence-corrected chi connectivity index (χ2v) is 21.1. The molecule has 4 aliphatic rings. The van der Waals surface area contributed by atoms with Gasteiger partial charge in [0.05, 0.1) is 54.0 Å². The first kappa shape index (κ1) is 48.6. The largest absolute Gasteiger partial charge is 0.497 e. The number of hydrogen-bond donors (Lipinski definition) is 0. The average Bonchev–Trinajstić information content (AvgIpc) is 2.38. The van der Waals surface area contributed by atoms with Gasteiger partial charge in [-0.3, -0.25) is 4.79 Å². The fourth-order valence-electron chi connectivity index (χ4n) is 12.3. The molecule has 9 heteroatoms. The molecule has 0 fully saturated rings. The molecule has 0 N–H and O–H groups in total. The summed E-state index contributed by atoms with van der Waals surface area (Å²) in [4.78, 5) is 22.7. The summed E-state index contributed by atoms with van der Waals surface area (Å²) < 4.78 is 32.0. The van der Waals surface area contributed by atoms with Gasteiger partial charge in [-0.1, -0.05) is 152 Å². The number of carbonyl (C=O) groups excluding carboxylic acids is 1. The molecule has 0 saturated heterocycles. The lowest BCUT2D eigenvalue weighted by Gasteiger charge is -2.37. The highest BCUT2D eigenvalue weighted by molar-refractivity contribution is 6.25. The highest BCUT2D eigenvalue weighted by Gasteiger charge is 2.39. The normalized spacial score (nSPS) is 12.9. The van der Waals surface area contributed by atoms with Crippen molar-refractivity contribution < 1.29 is 28.5 Å². The summed E-state index contributed by atoms with van der Waals surface area (Å²) in [6.07, 6.45) is 0. The third kappa shape index (κ3) is 7.96. The van der Waals surface area contributed by atoms with E-state index in [9.17, 15) is 0 Å². The highest BCUT2D eigenvalue weighted by atomic mass is 16.5. The quantitative estimate of drug-likeness (QED) is 0.141. The van der Waals surface area contributed by atoms with Gasteiger partial charge in [0, 0.05) is 40.2 Å². The predicted molar refractivity (Wildman–Crippen MR) is 334 cm³/mol. The van der Waals surface area contributed by atoms with E-state index >= 15 is 4.79 Å². The summed E-state index contributed by atoms with van der Waals surface area (Å²) in [7, 11) is 3.28. The monoisotopic (exact) mass is 1090 g/mol. The van der Waals surface area contributed by atoms with Crippen LogP contribution in [-0.2, 0) is 0 Å². The predicted octanol–water partition coefficient (Wildman–Crippen LogP) is 20.3. The van der Waals surface area contributed by atoms with Crippen LogP contribution in [0.25, 0.3) is 55.6 Å². The molecular formula is C75H49N3O6. The van der Waals surface area contributed by atoms with Crippen molar-refractivity contribution in [1.82, 2.24) is 0 Å². The van der Waals surface area contributed by atoms with Crippen LogP contribution < -0.4 is 38.4 Å². The van der Waals surface area contributed by atoms with E-state index in [1.807, 2.05) is 91.0 Å². The minimum absolute atomic E-state index is 0.108. The maximum absolute atomic E-state index is 16.1. The Hall–Kier alpha value is -11.3. The number of anilines is 9. The summed E-state index contributed by atoms with van der Waals surface area (Å²) in [5.74, 6) is 5.12. The van der Waals surface area contributed by atoms with E-state index in [1.165, 1.54) is 0 Å². The van der Waals surface area contributed by atoms with Gasteiger partial charge < -0.3 is 38.4 Å². The Bertz CT molecular complexity index is 4410. The summed E-state index contributed by atoms with van der Waals surface area (Å²) in [6.45, 7) is 0. The second kappa shape index (κ2) is 19.5. The van der Waals surface area contributed by atoms with Crippen LogP contribution in [0.3, 0.4) is 0 Å². The molecule has 3 aliphatic heterocycles. The average molecular weight is 1090 g/mol. The van der Waals surface area contributed by atoms with E-state index in [0.717, 1.165) is 107 Å². The van der Waals surface area contributed by atoms with Gasteiger partial charge in [0.15, 0.2) is 40.3 Å². The molecule has 0 amide bonds. The van der Waals surface area contributed by atoms with Crippen LogP contribution in [0.15, 0.2) is 261 Å². The molecule has 0 saturated carbocycles. The first-order valence-electron chi connectivity index (χ1n) is 27.9. The SMILES string of the molecule is COc1ccc2c(c1)Oc1cc(OC)ccc1N2c1ccc2c(c1)C(=O)c1cc(N3c4ccc(-c5ccccc5)cc4Oc4cc(-c5ccccc5)ccc43)cc(N3c4ccc(-c5ccccc5)cc4Oc4cc(-c5ccccc5)ccc43)c1-2. The Kier molecular flexibility index (Phi) is 11.3. The van der Waals surface area contributed by atoms with Gasteiger partial charge in [0.1, 0.15) is 11.5 Å².